The third-order valence-electron chi connectivity index (χ3n) is 5.07. The molecule has 0 aliphatic carbocycles. The molecule has 154 valence electrons. The lowest BCUT2D eigenvalue weighted by molar-refractivity contribution is -0.144. The van der Waals surface area contributed by atoms with Crippen LogP contribution in [0.3, 0.4) is 0 Å². The maximum Gasteiger partial charge on any atom is 0.320 e. The molecule has 1 atom stereocenters. The van der Waals surface area contributed by atoms with E-state index in [4.69, 9.17) is 4.74 Å². The zero-order chi connectivity index (χ0) is 21.3. The number of ether oxygens (including phenoxy) is 1. The number of aryl methyl sites for hydroxylation is 2. The average molecular weight is 439 g/mol. The lowest BCUT2D eigenvalue weighted by atomic mass is 10.1. The molecule has 1 aromatic heterocycles. The Hall–Kier alpha value is -2.64. The summed E-state index contributed by atoms with van der Waals surface area (Å²) in [7, 11) is 0. The standard InChI is InChI=1S/C23H22N2O3S2/c1-14-8-9-19(10-15(14)2)25(16(3)26)23-24-18(13-29-23)12-28-22(27)21-11-17-6-4-5-7-20(17)30-21/h4-10,13,21H,11-12H2,1-3H3. The molecule has 1 unspecified atom stereocenters. The van der Waals surface area contributed by atoms with Gasteiger partial charge in [0.05, 0.1) is 11.4 Å². The Morgan fingerprint density at radius 3 is 2.70 bits per heavy atom. The third kappa shape index (κ3) is 4.27. The number of hydrogen-bond donors (Lipinski definition) is 0. The van der Waals surface area contributed by atoms with Crippen molar-refractivity contribution in [3.63, 3.8) is 0 Å². The van der Waals surface area contributed by atoms with Gasteiger partial charge in [-0.15, -0.1) is 23.1 Å². The van der Waals surface area contributed by atoms with Crippen LogP contribution in [0.4, 0.5) is 10.8 Å². The van der Waals surface area contributed by atoms with Crippen LogP contribution in [0.1, 0.15) is 29.3 Å². The van der Waals surface area contributed by atoms with Crippen LogP contribution in [0.15, 0.2) is 52.7 Å². The summed E-state index contributed by atoms with van der Waals surface area (Å²) in [5, 5.41) is 2.18. The van der Waals surface area contributed by atoms with Crippen molar-refractivity contribution < 1.29 is 14.3 Å². The van der Waals surface area contributed by atoms with Crippen LogP contribution in [0.25, 0.3) is 0 Å². The van der Waals surface area contributed by atoms with E-state index in [9.17, 15) is 9.59 Å². The molecule has 30 heavy (non-hydrogen) atoms. The quantitative estimate of drug-likeness (QED) is 0.512. The lowest BCUT2D eigenvalue weighted by Crippen LogP contribution is -2.23. The van der Waals surface area contributed by atoms with E-state index in [1.165, 1.54) is 29.4 Å². The number of amides is 1. The van der Waals surface area contributed by atoms with Crippen LogP contribution in [-0.2, 0) is 27.4 Å². The first-order chi connectivity index (χ1) is 14.4. The SMILES string of the molecule is CC(=O)N(c1ccc(C)c(C)c1)c1nc(COC(=O)C2Cc3ccccc3S2)cs1. The number of hydrogen-bond acceptors (Lipinski definition) is 6. The van der Waals surface area contributed by atoms with Crippen LogP contribution in [0, 0.1) is 13.8 Å². The van der Waals surface area contributed by atoms with Gasteiger partial charge in [-0.2, -0.15) is 0 Å². The van der Waals surface area contributed by atoms with Gasteiger partial charge in [0.15, 0.2) is 5.13 Å². The highest BCUT2D eigenvalue weighted by molar-refractivity contribution is 8.01. The predicted molar refractivity (Wildman–Crippen MR) is 120 cm³/mol. The zero-order valence-corrected chi connectivity index (χ0v) is 18.7. The second-order valence-corrected chi connectivity index (χ2v) is 9.35. The number of thiazole rings is 1. The van der Waals surface area contributed by atoms with Gasteiger partial charge in [0.25, 0.3) is 0 Å². The van der Waals surface area contributed by atoms with E-state index in [1.807, 2.05) is 61.7 Å². The number of nitrogens with zero attached hydrogens (tertiary/aromatic N) is 2. The number of carbonyl (C=O) groups excluding carboxylic acids is 2. The highest BCUT2D eigenvalue weighted by atomic mass is 32.2. The minimum Gasteiger partial charge on any atom is -0.458 e. The summed E-state index contributed by atoms with van der Waals surface area (Å²) in [5.74, 6) is -0.348. The van der Waals surface area contributed by atoms with Gasteiger partial charge < -0.3 is 4.74 Å². The summed E-state index contributed by atoms with van der Waals surface area (Å²) >= 11 is 2.91. The summed E-state index contributed by atoms with van der Waals surface area (Å²) in [6, 6.07) is 13.9. The van der Waals surface area contributed by atoms with E-state index in [2.05, 4.69) is 4.98 Å². The first-order valence-electron chi connectivity index (χ1n) is 9.66. The van der Waals surface area contributed by atoms with Gasteiger partial charge >= 0.3 is 5.97 Å². The van der Waals surface area contributed by atoms with Gasteiger partial charge in [-0.25, -0.2) is 4.98 Å². The molecule has 0 saturated carbocycles. The van der Waals surface area contributed by atoms with Crippen LogP contribution >= 0.6 is 23.1 Å². The van der Waals surface area contributed by atoms with Crippen molar-refractivity contribution in [2.24, 2.45) is 0 Å². The first-order valence-corrected chi connectivity index (χ1v) is 11.4. The van der Waals surface area contributed by atoms with E-state index in [0.717, 1.165) is 16.1 Å². The topological polar surface area (TPSA) is 59.5 Å². The normalized spacial score (nSPS) is 15.0. The second-order valence-electron chi connectivity index (χ2n) is 7.27. The Labute approximate surface area is 184 Å². The molecule has 0 N–H and O–H groups in total. The van der Waals surface area contributed by atoms with Gasteiger partial charge in [-0.05, 0) is 55.2 Å². The fourth-order valence-electron chi connectivity index (χ4n) is 3.31. The number of esters is 1. The number of carbonyl (C=O) groups is 2. The molecule has 0 bridgehead atoms. The van der Waals surface area contributed by atoms with Crippen molar-refractivity contribution in [2.45, 2.75) is 43.9 Å². The molecular formula is C23H22N2O3S2. The van der Waals surface area contributed by atoms with Crippen LogP contribution in [0.2, 0.25) is 0 Å². The Morgan fingerprint density at radius 1 is 1.17 bits per heavy atom. The number of anilines is 2. The fraction of sp³-hybridized carbons (Fsp3) is 0.261. The van der Waals surface area contributed by atoms with Crippen LogP contribution < -0.4 is 4.90 Å². The molecular weight excluding hydrogens is 416 g/mol. The Balaban J connectivity index is 1.42. The van der Waals surface area contributed by atoms with E-state index in [0.29, 0.717) is 17.2 Å². The molecule has 0 spiro atoms. The van der Waals surface area contributed by atoms with Crippen LogP contribution in [-0.4, -0.2) is 22.1 Å². The van der Waals surface area contributed by atoms with Crippen molar-refractivity contribution >= 4 is 45.8 Å². The number of fused-ring (bicyclic) bond motifs is 1. The molecule has 3 aromatic rings. The van der Waals surface area contributed by atoms with Crippen molar-refractivity contribution in [1.29, 1.82) is 0 Å². The van der Waals surface area contributed by atoms with E-state index in [-0.39, 0.29) is 23.7 Å². The van der Waals surface area contributed by atoms with Gasteiger partial charge in [-0.1, -0.05) is 24.3 Å². The monoisotopic (exact) mass is 438 g/mol. The fourth-order valence-corrected chi connectivity index (χ4v) is 5.37. The van der Waals surface area contributed by atoms with E-state index >= 15 is 0 Å². The van der Waals surface area contributed by atoms with E-state index < -0.39 is 0 Å². The van der Waals surface area contributed by atoms with Crippen molar-refractivity contribution in [3.05, 3.63) is 70.2 Å². The molecule has 4 rings (SSSR count). The summed E-state index contributed by atoms with van der Waals surface area (Å²) in [6.07, 6.45) is 0.687. The van der Waals surface area contributed by atoms with Crippen molar-refractivity contribution in [3.8, 4) is 0 Å². The predicted octanol–water partition coefficient (Wildman–Crippen LogP) is 5.20. The molecule has 0 saturated heterocycles. The van der Waals surface area contributed by atoms with Gasteiger partial charge in [-0.3, -0.25) is 14.5 Å². The zero-order valence-electron chi connectivity index (χ0n) is 17.0. The molecule has 5 nitrogen and oxygen atoms in total. The average Bonchev–Trinajstić information content (AvgIpc) is 3.36. The molecule has 1 aliphatic rings. The minimum absolute atomic E-state index is 0.0986. The largest absolute Gasteiger partial charge is 0.458 e. The Morgan fingerprint density at radius 2 is 1.97 bits per heavy atom. The van der Waals surface area contributed by atoms with Crippen molar-refractivity contribution in [2.75, 3.05) is 4.90 Å². The third-order valence-corrected chi connectivity index (χ3v) is 7.24. The number of rotatable bonds is 5. The number of thioether (sulfide) groups is 1. The highest BCUT2D eigenvalue weighted by Crippen LogP contribution is 2.37. The summed E-state index contributed by atoms with van der Waals surface area (Å²) < 4.78 is 5.52. The van der Waals surface area contributed by atoms with Crippen LogP contribution in [0.5, 0.6) is 0 Å². The molecule has 0 radical (unpaired) electrons. The van der Waals surface area contributed by atoms with Gasteiger partial charge in [0.1, 0.15) is 11.9 Å². The smallest absolute Gasteiger partial charge is 0.320 e. The Bertz CT molecular complexity index is 1080. The second kappa shape index (κ2) is 8.62. The molecule has 1 amide bonds. The lowest BCUT2D eigenvalue weighted by Gasteiger charge is -2.19. The summed E-state index contributed by atoms with van der Waals surface area (Å²) in [6.45, 7) is 5.67. The Kier molecular flexibility index (Phi) is 5.92. The molecule has 1 aliphatic heterocycles. The highest BCUT2D eigenvalue weighted by Gasteiger charge is 2.29. The maximum atomic E-state index is 12.5. The summed E-state index contributed by atoms with van der Waals surface area (Å²) in [4.78, 5) is 32.1. The minimum atomic E-state index is -0.233. The molecule has 2 heterocycles. The maximum absolute atomic E-state index is 12.5. The molecule has 7 heteroatoms. The van der Waals surface area contributed by atoms with Crippen molar-refractivity contribution in [1.82, 2.24) is 4.98 Å². The first kappa shape index (κ1) is 20.6. The molecule has 0 fully saturated rings. The van der Waals surface area contributed by atoms with Gasteiger partial charge in [0, 0.05) is 17.2 Å². The molecule has 2 aromatic carbocycles. The van der Waals surface area contributed by atoms with E-state index in [1.54, 1.807) is 16.7 Å². The number of aromatic nitrogens is 1. The number of benzene rings is 2. The summed E-state index contributed by atoms with van der Waals surface area (Å²) in [5.41, 5.74) is 4.88. The van der Waals surface area contributed by atoms with Gasteiger partial charge in [0.2, 0.25) is 5.91 Å².